The number of carbonyl (C=O) groups excluding carboxylic acids is 1. The molecule has 5 nitrogen and oxygen atoms in total. The normalized spacial score (nSPS) is 23.0. The molecule has 2 atom stereocenters. The van der Waals surface area contributed by atoms with Crippen LogP contribution < -0.4 is 0 Å². The molecule has 0 spiro atoms. The van der Waals surface area contributed by atoms with Crippen molar-refractivity contribution >= 4 is 5.91 Å². The van der Waals surface area contributed by atoms with E-state index in [0.717, 1.165) is 12.1 Å². The zero-order valence-corrected chi connectivity index (χ0v) is 11.6. The van der Waals surface area contributed by atoms with Crippen LogP contribution in [0.25, 0.3) is 0 Å². The van der Waals surface area contributed by atoms with E-state index >= 15 is 0 Å². The molecule has 1 amide bonds. The molecule has 2 heterocycles. The first-order chi connectivity index (χ1) is 9.11. The lowest BCUT2D eigenvalue weighted by molar-refractivity contribution is -0.130. The van der Waals surface area contributed by atoms with Crippen molar-refractivity contribution in [2.45, 2.75) is 32.0 Å². The summed E-state index contributed by atoms with van der Waals surface area (Å²) in [7, 11) is 1.98. The van der Waals surface area contributed by atoms with Crippen LogP contribution in [-0.2, 0) is 23.0 Å². The monoisotopic (exact) mass is 266 g/mol. The van der Waals surface area contributed by atoms with Crippen LogP contribution in [0.2, 0.25) is 0 Å². The minimum atomic E-state index is -0.557. The summed E-state index contributed by atoms with van der Waals surface area (Å²) in [5.74, 6) is 0.0856. The van der Waals surface area contributed by atoms with Crippen molar-refractivity contribution in [3.8, 4) is 0 Å². The summed E-state index contributed by atoms with van der Waals surface area (Å²) < 4.78 is 7.44. The smallest absolute Gasteiger partial charge is 0.223 e. The van der Waals surface area contributed by atoms with E-state index in [0.29, 0.717) is 26.1 Å². The van der Waals surface area contributed by atoms with Gasteiger partial charge in [-0.3, -0.25) is 4.79 Å². The molecule has 1 fully saturated rings. The Kier molecular flexibility index (Phi) is 4.61. The highest BCUT2D eigenvalue weighted by molar-refractivity contribution is 5.76. The highest BCUT2D eigenvalue weighted by Gasteiger charge is 2.34. The molecule has 1 aliphatic heterocycles. The van der Waals surface area contributed by atoms with E-state index < -0.39 is 6.10 Å². The second-order valence-electron chi connectivity index (χ2n) is 4.97. The molecule has 0 saturated carbocycles. The molecule has 106 valence electrons. The average Bonchev–Trinajstić information content (AvgIpc) is 2.94. The molecule has 0 radical (unpaired) electrons. The van der Waals surface area contributed by atoms with Crippen molar-refractivity contribution in [1.29, 1.82) is 0 Å². The minimum Gasteiger partial charge on any atom is -0.388 e. The molecule has 1 N–H and O–H groups in total. The fraction of sp³-hybridized carbons (Fsp3) is 0.643. The van der Waals surface area contributed by atoms with E-state index in [1.54, 1.807) is 4.90 Å². The molecule has 1 saturated heterocycles. The molecule has 2 rings (SSSR count). The second-order valence-corrected chi connectivity index (χ2v) is 4.97. The first-order valence-corrected chi connectivity index (χ1v) is 6.79. The zero-order valence-electron chi connectivity index (χ0n) is 11.6. The standard InChI is InChI=1S/C14H22N2O3/c1-3-19-13-10-16(9-12(13)17)14(18)7-6-11-5-4-8-15(11)2/h4-5,8,12-13,17H,3,6-7,9-10H2,1-2H3/t12-,13-/m1/s1. The Labute approximate surface area is 113 Å². The maximum atomic E-state index is 12.1. The van der Waals surface area contributed by atoms with Crippen LogP contribution in [0.15, 0.2) is 18.3 Å². The van der Waals surface area contributed by atoms with Crippen molar-refractivity contribution < 1.29 is 14.6 Å². The van der Waals surface area contributed by atoms with Gasteiger partial charge < -0.3 is 19.3 Å². The third kappa shape index (κ3) is 3.36. The van der Waals surface area contributed by atoms with E-state index in [-0.39, 0.29) is 12.0 Å². The number of aromatic nitrogens is 1. The lowest BCUT2D eigenvalue weighted by atomic mass is 10.2. The number of rotatable bonds is 5. The van der Waals surface area contributed by atoms with Crippen LogP contribution in [0, 0.1) is 0 Å². The van der Waals surface area contributed by atoms with Gasteiger partial charge in [0.25, 0.3) is 0 Å². The van der Waals surface area contributed by atoms with Gasteiger partial charge in [0.1, 0.15) is 6.10 Å². The Morgan fingerprint density at radius 2 is 2.32 bits per heavy atom. The van der Waals surface area contributed by atoms with E-state index in [1.807, 2.05) is 36.9 Å². The predicted molar refractivity (Wildman–Crippen MR) is 71.7 cm³/mol. The number of β-amino-alcohol motifs (C(OH)–C–C–N with tert-alkyl or cyclic N) is 1. The SMILES string of the molecule is CCO[C@@H]1CN(C(=O)CCc2cccn2C)C[C@H]1O. The maximum absolute atomic E-state index is 12.1. The third-order valence-corrected chi connectivity index (χ3v) is 3.62. The summed E-state index contributed by atoms with van der Waals surface area (Å²) in [6.45, 7) is 3.34. The van der Waals surface area contributed by atoms with E-state index in [1.165, 1.54) is 0 Å². The van der Waals surface area contributed by atoms with Gasteiger partial charge in [-0.05, 0) is 25.5 Å². The zero-order chi connectivity index (χ0) is 13.8. The summed E-state index contributed by atoms with van der Waals surface area (Å²) in [6, 6.07) is 4.00. The number of aliphatic hydroxyl groups excluding tert-OH is 1. The van der Waals surface area contributed by atoms with Gasteiger partial charge in [0.15, 0.2) is 0 Å². The minimum absolute atomic E-state index is 0.0856. The summed E-state index contributed by atoms with van der Waals surface area (Å²) in [4.78, 5) is 13.8. The fourth-order valence-electron chi connectivity index (χ4n) is 2.49. The molecule has 19 heavy (non-hydrogen) atoms. The first-order valence-electron chi connectivity index (χ1n) is 6.79. The molecular formula is C14H22N2O3. The molecule has 0 aliphatic carbocycles. The molecule has 1 aromatic rings. The van der Waals surface area contributed by atoms with E-state index in [9.17, 15) is 9.90 Å². The lowest BCUT2D eigenvalue weighted by Gasteiger charge is -2.16. The highest BCUT2D eigenvalue weighted by atomic mass is 16.5. The molecule has 1 aromatic heterocycles. The molecule has 0 bridgehead atoms. The number of nitrogens with zero attached hydrogens (tertiary/aromatic N) is 2. The number of aliphatic hydroxyl groups is 1. The molecular weight excluding hydrogens is 244 g/mol. The van der Waals surface area contributed by atoms with Crippen molar-refractivity contribution in [2.24, 2.45) is 7.05 Å². The van der Waals surface area contributed by atoms with Crippen LogP contribution in [0.5, 0.6) is 0 Å². The Morgan fingerprint density at radius 3 is 2.95 bits per heavy atom. The van der Waals surface area contributed by atoms with Crippen molar-refractivity contribution in [3.05, 3.63) is 24.0 Å². The topological polar surface area (TPSA) is 54.7 Å². The predicted octanol–water partition coefficient (Wildman–Crippen LogP) is 0.566. The van der Waals surface area contributed by atoms with Crippen LogP contribution in [0.3, 0.4) is 0 Å². The highest BCUT2D eigenvalue weighted by Crippen LogP contribution is 2.15. The van der Waals surface area contributed by atoms with Gasteiger partial charge in [-0.25, -0.2) is 0 Å². The number of hydrogen-bond donors (Lipinski definition) is 1. The van der Waals surface area contributed by atoms with Gasteiger partial charge in [-0.1, -0.05) is 0 Å². The number of likely N-dealkylation sites (tertiary alicyclic amines) is 1. The Hall–Kier alpha value is -1.33. The van der Waals surface area contributed by atoms with Gasteiger partial charge in [0.05, 0.1) is 6.10 Å². The largest absolute Gasteiger partial charge is 0.388 e. The lowest BCUT2D eigenvalue weighted by Crippen LogP contribution is -2.30. The van der Waals surface area contributed by atoms with E-state index in [2.05, 4.69) is 0 Å². The number of hydrogen-bond acceptors (Lipinski definition) is 3. The number of carbonyl (C=O) groups is 1. The molecule has 0 unspecified atom stereocenters. The van der Waals surface area contributed by atoms with Gasteiger partial charge in [0, 0.05) is 45.1 Å². The summed E-state index contributed by atoms with van der Waals surface area (Å²) in [6.07, 6.45) is 2.39. The summed E-state index contributed by atoms with van der Waals surface area (Å²) in [5.41, 5.74) is 1.15. The number of ether oxygens (including phenoxy) is 1. The summed E-state index contributed by atoms with van der Waals surface area (Å²) in [5, 5.41) is 9.81. The Morgan fingerprint density at radius 1 is 1.53 bits per heavy atom. The quantitative estimate of drug-likeness (QED) is 0.847. The Bertz CT molecular complexity index is 430. The van der Waals surface area contributed by atoms with Crippen LogP contribution >= 0.6 is 0 Å². The molecule has 5 heteroatoms. The van der Waals surface area contributed by atoms with Gasteiger partial charge >= 0.3 is 0 Å². The van der Waals surface area contributed by atoms with Crippen molar-refractivity contribution in [2.75, 3.05) is 19.7 Å². The molecule has 1 aliphatic rings. The first kappa shape index (κ1) is 14.1. The van der Waals surface area contributed by atoms with Crippen molar-refractivity contribution in [3.63, 3.8) is 0 Å². The van der Waals surface area contributed by atoms with E-state index in [4.69, 9.17) is 4.74 Å². The summed E-state index contributed by atoms with van der Waals surface area (Å²) >= 11 is 0. The fourth-order valence-corrected chi connectivity index (χ4v) is 2.49. The van der Waals surface area contributed by atoms with Crippen LogP contribution in [0.4, 0.5) is 0 Å². The molecule has 0 aromatic carbocycles. The van der Waals surface area contributed by atoms with Crippen molar-refractivity contribution in [1.82, 2.24) is 9.47 Å². The third-order valence-electron chi connectivity index (χ3n) is 3.62. The number of amides is 1. The van der Waals surface area contributed by atoms with Gasteiger partial charge in [-0.2, -0.15) is 0 Å². The second kappa shape index (κ2) is 6.21. The maximum Gasteiger partial charge on any atom is 0.223 e. The van der Waals surface area contributed by atoms with Crippen LogP contribution in [0.1, 0.15) is 19.0 Å². The Balaban J connectivity index is 1.83. The van der Waals surface area contributed by atoms with Gasteiger partial charge in [-0.15, -0.1) is 0 Å². The van der Waals surface area contributed by atoms with Gasteiger partial charge in [0.2, 0.25) is 5.91 Å². The average molecular weight is 266 g/mol. The number of aryl methyl sites for hydroxylation is 2. The van der Waals surface area contributed by atoms with Crippen LogP contribution in [-0.4, -0.2) is 52.4 Å².